The molecule has 1 saturated carbocycles. The van der Waals surface area contributed by atoms with Crippen LogP contribution in [0.2, 0.25) is 0 Å². The summed E-state index contributed by atoms with van der Waals surface area (Å²) >= 11 is 0. The highest BCUT2D eigenvalue weighted by Gasteiger charge is 2.67. The molecule has 114 valence electrons. The zero-order chi connectivity index (χ0) is 15.1. The Hall–Kier alpha value is -1.65. The van der Waals surface area contributed by atoms with Gasteiger partial charge in [0.1, 0.15) is 5.41 Å². The van der Waals surface area contributed by atoms with Crippen LogP contribution in [0.3, 0.4) is 0 Å². The van der Waals surface area contributed by atoms with E-state index in [-0.39, 0.29) is 11.7 Å². The molecule has 5 heteroatoms. The number of Topliss-reactive ketones (excluding diaryl/α,β-unsaturated/α-hetero) is 1. The summed E-state index contributed by atoms with van der Waals surface area (Å²) in [6, 6.07) is 0. The van der Waals surface area contributed by atoms with Crippen LogP contribution in [0.4, 0.5) is 0 Å². The molecule has 3 rings (SSSR count). The van der Waals surface area contributed by atoms with Crippen LogP contribution in [0.5, 0.6) is 0 Å². The van der Waals surface area contributed by atoms with Gasteiger partial charge in [-0.1, -0.05) is 31.4 Å². The highest BCUT2D eigenvalue weighted by Crippen LogP contribution is 2.51. The fraction of sp³-hybridized carbons (Fsp3) is 0.688. The monoisotopic (exact) mass is 291 g/mol. The third-order valence-electron chi connectivity index (χ3n) is 5.03. The normalized spacial score (nSPS) is 31.2. The van der Waals surface area contributed by atoms with Crippen molar-refractivity contribution in [3.63, 3.8) is 0 Å². The minimum atomic E-state index is -1.06. The minimum absolute atomic E-state index is 0.0584. The predicted octanol–water partition coefficient (Wildman–Crippen LogP) is 2.31. The van der Waals surface area contributed by atoms with Crippen LogP contribution < -0.4 is 0 Å². The zero-order valence-corrected chi connectivity index (χ0v) is 12.4. The van der Waals surface area contributed by atoms with Gasteiger partial charge in [-0.15, -0.1) is 0 Å². The van der Waals surface area contributed by atoms with Gasteiger partial charge >= 0.3 is 5.97 Å². The van der Waals surface area contributed by atoms with Crippen molar-refractivity contribution in [2.75, 3.05) is 0 Å². The molecular weight excluding hydrogens is 270 g/mol. The molecule has 0 aromatic heterocycles. The standard InChI is InChI=1S/C16H21NO4/c1-12(18)21-17-14(20)15(8-4-2-5-9-15)13(19)16(17)10-6-3-7-11-16/h6,10H,2-5,7-9,11H2,1H3. The van der Waals surface area contributed by atoms with Gasteiger partial charge < -0.3 is 4.84 Å². The lowest BCUT2D eigenvalue weighted by Crippen LogP contribution is -2.49. The molecule has 2 aliphatic carbocycles. The van der Waals surface area contributed by atoms with Crippen molar-refractivity contribution >= 4 is 17.7 Å². The van der Waals surface area contributed by atoms with Gasteiger partial charge in [0.05, 0.1) is 0 Å². The summed E-state index contributed by atoms with van der Waals surface area (Å²) in [5.74, 6) is -0.923. The van der Waals surface area contributed by atoms with Crippen molar-refractivity contribution in [1.82, 2.24) is 5.06 Å². The predicted molar refractivity (Wildman–Crippen MR) is 74.9 cm³/mol. The van der Waals surface area contributed by atoms with E-state index in [1.54, 1.807) is 6.08 Å². The van der Waals surface area contributed by atoms with Crippen LogP contribution in [0.15, 0.2) is 12.2 Å². The lowest BCUT2D eigenvalue weighted by molar-refractivity contribution is -0.209. The van der Waals surface area contributed by atoms with Gasteiger partial charge in [-0.3, -0.25) is 14.4 Å². The van der Waals surface area contributed by atoms with Gasteiger partial charge in [0, 0.05) is 6.92 Å². The number of amides is 1. The fourth-order valence-electron chi connectivity index (χ4n) is 4.04. The summed E-state index contributed by atoms with van der Waals surface area (Å²) in [6.07, 6.45) is 9.94. The van der Waals surface area contributed by atoms with Crippen LogP contribution in [0, 0.1) is 5.41 Å². The molecule has 0 radical (unpaired) electrons. The van der Waals surface area contributed by atoms with E-state index in [0.717, 1.165) is 37.2 Å². The average molecular weight is 291 g/mol. The van der Waals surface area contributed by atoms with Crippen molar-refractivity contribution in [2.45, 2.75) is 63.8 Å². The van der Waals surface area contributed by atoms with Crippen molar-refractivity contribution in [3.05, 3.63) is 12.2 Å². The van der Waals surface area contributed by atoms with E-state index in [0.29, 0.717) is 19.3 Å². The molecule has 1 aliphatic heterocycles. The average Bonchev–Trinajstić information content (AvgIpc) is 2.64. The van der Waals surface area contributed by atoms with E-state index >= 15 is 0 Å². The lowest BCUT2D eigenvalue weighted by atomic mass is 9.67. The highest BCUT2D eigenvalue weighted by molar-refractivity contribution is 6.17. The molecule has 3 aliphatic rings. The van der Waals surface area contributed by atoms with E-state index in [1.807, 2.05) is 6.08 Å². The number of allylic oxidation sites excluding steroid dienone is 1. The first-order valence-electron chi connectivity index (χ1n) is 7.79. The Morgan fingerprint density at radius 3 is 2.43 bits per heavy atom. The summed E-state index contributed by atoms with van der Waals surface area (Å²) < 4.78 is 0. The third kappa shape index (κ3) is 1.93. The number of hydrogen-bond acceptors (Lipinski definition) is 4. The molecule has 1 amide bonds. The number of carbonyl (C=O) groups is 3. The first kappa shape index (κ1) is 14.3. The van der Waals surface area contributed by atoms with Crippen molar-refractivity contribution in [2.24, 2.45) is 5.41 Å². The maximum atomic E-state index is 13.2. The second kappa shape index (κ2) is 4.97. The Labute approximate surface area is 124 Å². The Morgan fingerprint density at radius 1 is 1.14 bits per heavy atom. The second-order valence-corrected chi connectivity index (χ2v) is 6.37. The number of ketones is 1. The van der Waals surface area contributed by atoms with Gasteiger partial charge in [-0.2, -0.15) is 5.06 Å². The van der Waals surface area contributed by atoms with E-state index < -0.39 is 16.9 Å². The van der Waals surface area contributed by atoms with Gasteiger partial charge in [-0.05, 0) is 32.1 Å². The lowest BCUT2D eigenvalue weighted by Gasteiger charge is -2.34. The number of carbonyl (C=O) groups excluding carboxylic acids is 3. The Morgan fingerprint density at radius 2 is 1.86 bits per heavy atom. The summed E-state index contributed by atoms with van der Waals surface area (Å²) in [4.78, 5) is 42.6. The first-order valence-corrected chi connectivity index (χ1v) is 7.79. The van der Waals surface area contributed by atoms with Crippen LogP contribution >= 0.6 is 0 Å². The van der Waals surface area contributed by atoms with Gasteiger partial charge in [0.25, 0.3) is 5.91 Å². The molecule has 1 heterocycles. The van der Waals surface area contributed by atoms with E-state index in [9.17, 15) is 14.4 Å². The topological polar surface area (TPSA) is 63.7 Å². The van der Waals surface area contributed by atoms with Crippen molar-refractivity contribution < 1.29 is 19.2 Å². The quantitative estimate of drug-likeness (QED) is 0.549. The number of hydrogen-bond donors (Lipinski definition) is 0. The van der Waals surface area contributed by atoms with Gasteiger partial charge in [0.15, 0.2) is 11.3 Å². The number of hydroxylamine groups is 2. The molecule has 1 unspecified atom stereocenters. The van der Waals surface area contributed by atoms with Gasteiger partial charge in [-0.25, -0.2) is 0 Å². The highest BCUT2D eigenvalue weighted by atomic mass is 16.7. The molecule has 2 fully saturated rings. The van der Waals surface area contributed by atoms with Gasteiger partial charge in [0.2, 0.25) is 0 Å². The summed E-state index contributed by atoms with van der Waals surface area (Å²) in [6.45, 7) is 1.27. The molecule has 0 N–H and O–H groups in total. The fourth-order valence-corrected chi connectivity index (χ4v) is 4.04. The molecule has 0 aromatic rings. The summed E-state index contributed by atoms with van der Waals surface area (Å²) in [5, 5.41) is 1.10. The number of nitrogens with zero attached hydrogens (tertiary/aromatic N) is 1. The summed E-state index contributed by atoms with van der Waals surface area (Å²) in [7, 11) is 0. The number of rotatable bonds is 1. The summed E-state index contributed by atoms with van der Waals surface area (Å²) in [5.41, 5.74) is -2.02. The second-order valence-electron chi connectivity index (χ2n) is 6.37. The molecular formula is C16H21NO4. The van der Waals surface area contributed by atoms with Crippen LogP contribution in [0.25, 0.3) is 0 Å². The SMILES string of the molecule is CC(=O)ON1C(=O)C2(CCCCC2)C(=O)C12C=CCCC2. The maximum Gasteiger partial charge on any atom is 0.329 e. The molecule has 1 atom stereocenters. The van der Waals surface area contributed by atoms with Crippen molar-refractivity contribution in [3.8, 4) is 0 Å². The Kier molecular flexibility index (Phi) is 3.38. The van der Waals surface area contributed by atoms with Crippen LogP contribution in [0.1, 0.15) is 58.3 Å². The van der Waals surface area contributed by atoms with E-state index in [4.69, 9.17) is 4.84 Å². The largest absolute Gasteiger partial charge is 0.337 e. The van der Waals surface area contributed by atoms with Crippen LogP contribution in [-0.4, -0.2) is 28.3 Å². The molecule has 0 bridgehead atoms. The molecule has 0 aromatic carbocycles. The molecule has 1 saturated heterocycles. The Bertz CT molecular complexity index is 518. The molecule has 5 nitrogen and oxygen atoms in total. The minimum Gasteiger partial charge on any atom is -0.337 e. The molecule has 2 spiro atoms. The van der Waals surface area contributed by atoms with E-state index in [1.165, 1.54) is 6.92 Å². The van der Waals surface area contributed by atoms with Crippen LogP contribution in [-0.2, 0) is 19.2 Å². The smallest absolute Gasteiger partial charge is 0.329 e. The molecule has 21 heavy (non-hydrogen) atoms. The first-order chi connectivity index (χ1) is 10.0. The third-order valence-corrected chi connectivity index (χ3v) is 5.03. The Balaban J connectivity index is 2.06. The maximum absolute atomic E-state index is 13.2. The van der Waals surface area contributed by atoms with E-state index in [2.05, 4.69) is 0 Å². The zero-order valence-electron chi connectivity index (χ0n) is 12.4. The van der Waals surface area contributed by atoms with Crippen molar-refractivity contribution in [1.29, 1.82) is 0 Å².